The monoisotopic (exact) mass is 266 g/mol. The van der Waals surface area contributed by atoms with Crippen LogP contribution in [-0.2, 0) is 4.79 Å². The second kappa shape index (κ2) is 6.67. The molecule has 0 radical (unpaired) electrons. The van der Waals surface area contributed by atoms with Gasteiger partial charge in [0, 0.05) is 25.9 Å². The molecule has 1 aromatic heterocycles. The lowest BCUT2D eigenvalue weighted by molar-refractivity contribution is -0.118. The molecule has 0 unspecified atom stereocenters. The molecule has 0 fully saturated rings. The maximum atomic E-state index is 11.1. The van der Waals surface area contributed by atoms with Crippen LogP contribution in [0.4, 0.5) is 5.69 Å². The van der Waals surface area contributed by atoms with Crippen LogP contribution >= 0.6 is 0 Å². The summed E-state index contributed by atoms with van der Waals surface area (Å²) in [4.78, 5) is 30.0. The predicted molar refractivity (Wildman–Crippen MR) is 70.3 cm³/mol. The fraction of sp³-hybridized carbons (Fsp3) is 0.500. The predicted octanol–water partition coefficient (Wildman–Crippen LogP) is 0.846. The first-order valence-electron chi connectivity index (χ1n) is 6.00. The number of hydrogen-bond donors (Lipinski definition) is 3. The Hall–Kier alpha value is -2.18. The molecular formula is C12H18N4O3. The summed E-state index contributed by atoms with van der Waals surface area (Å²) >= 11 is 0. The Balaban J connectivity index is 2.77. The third-order valence-electron chi connectivity index (χ3n) is 2.34. The van der Waals surface area contributed by atoms with Crippen molar-refractivity contribution < 1.29 is 14.7 Å². The minimum absolute atomic E-state index is 0.0541. The maximum Gasteiger partial charge on any atom is 0.356 e. The first-order chi connectivity index (χ1) is 8.91. The summed E-state index contributed by atoms with van der Waals surface area (Å²) in [7, 11) is 0. The normalized spacial score (nSPS) is 10.3. The second-order valence-corrected chi connectivity index (χ2v) is 4.36. The van der Waals surface area contributed by atoms with Gasteiger partial charge in [-0.2, -0.15) is 0 Å². The Morgan fingerprint density at radius 3 is 2.58 bits per heavy atom. The van der Waals surface area contributed by atoms with Gasteiger partial charge in [0.2, 0.25) is 5.91 Å². The van der Waals surface area contributed by atoms with E-state index in [0.29, 0.717) is 24.6 Å². The molecule has 19 heavy (non-hydrogen) atoms. The van der Waals surface area contributed by atoms with Gasteiger partial charge in [-0.1, -0.05) is 13.8 Å². The van der Waals surface area contributed by atoms with Gasteiger partial charge in [0.15, 0.2) is 5.69 Å². The van der Waals surface area contributed by atoms with Crippen LogP contribution in [0.3, 0.4) is 0 Å². The van der Waals surface area contributed by atoms with E-state index in [0.717, 1.165) is 0 Å². The lowest BCUT2D eigenvalue weighted by Crippen LogP contribution is -2.27. The van der Waals surface area contributed by atoms with Crippen molar-refractivity contribution in [2.45, 2.75) is 26.7 Å². The highest BCUT2D eigenvalue weighted by Crippen LogP contribution is 2.15. The smallest absolute Gasteiger partial charge is 0.356 e. The van der Waals surface area contributed by atoms with Crippen LogP contribution in [0.15, 0.2) is 6.20 Å². The summed E-state index contributed by atoms with van der Waals surface area (Å²) in [6.07, 6.45) is 1.46. The van der Waals surface area contributed by atoms with Gasteiger partial charge < -0.3 is 15.7 Å². The molecule has 1 amide bonds. The zero-order valence-corrected chi connectivity index (χ0v) is 11.2. The number of aromatic nitrogens is 2. The largest absolute Gasteiger partial charge is 0.476 e. The molecule has 7 heteroatoms. The first-order valence-corrected chi connectivity index (χ1v) is 6.00. The summed E-state index contributed by atoms with van der Waals surface area (Å²) < 4.78 is 0. The Morgan fingerprint density at radius 2 is 2.05 bits per heavy atom. The molecule has 1 aromatic rings. The van der Waals surface area contributed by atoms with Crippen molar-refractivity contribution in [2.24, 2.45) is 0 Å². The molecule has 1 heterocycles. The number of carbonyl (C=O) groups is 2. The molecule has 0 bridgehead atoms. The number of amides is 1. The molecule has 104 valence electrons. The van der Waals surface area contributed by atoms with Crippen molar-refractivity contribution in [1.29, 1.82) is 0 Å². The molecule has 1 rings (SSSR count). The molecule has 0 aromatic carbocycles. The highest BCUT2D eigenvalue weighted by molar-refractivity contribution is 5.91. The highest BCUT2D eigenvalue weighted by Gasteiger charge is 2.15. The van der Waals surface area contributed by atoms with Gasteiger partial charge >= 0.3 is 5.97 Å². The Kier molecular flexibility index (Phi) is 5.23. The number of nitrogens with zero attached hydrogens (tertiary/aromatic N) is 2. The fourth-order valence-corrected chi connectivity index (χ4v) is 1.40. The molecule has 7 nitrogen and oxygen atoms in total. The summed E-state index contributed by atoms with van der Waals surface area (Å²) in [5.74, 6) is -0.686. The van der Waals surface area contributed by atoms with Crippen molar-refractivity contribution >= 4 is 17.6 Å². The number of rotatable bonds is 6. The van der Waals surface area contributed by atoms with Gasteiger partial charge in [0.25, 0.3) is 0 Å². The van der Waals surface area contributed by atoms with E-state index in [9.17, 15) is 9.59 Å². The van der Waals surface area contributed by atoms with E-state index in [-0.39, 0.29) is 17.5 Å². The van der Waals surface area contributed by atoms with Gasteiger partial charge in [0.05, 0.1) is 11.9 Å². The Bertz CT molecular complexity index is 474. The van der Waals surface area contributed by atoms with Crippen LogP contribution < -0.4 is 10.6 Å². The third-order valence-corrected chi connectivity index (χ3v) is 2.34. The molecule has 0 aliphatic heterocycles. The van der Waals surface area contributed by atoms with E-state index in [4.69, 9.17) is 5.11 Å². The van der Waals surface area contributed by atoms with Crippen LogP contribution in [0.25, 0.3) is 0 Å². The molecule has 0 aliphatic carbocycles. The van der Waals surface area contributed by atoms with Gasteiger partial charge in [0.1, 0.15) is 5.82 Å². The van der Waals surface area contributed by atoms with Gasteiger partial charge in [-0.15, -0.1) is 0 Å². The molecule has 0 saturated heterocycles. The second-order valence-electron chi connectivity index (χ2n) is 4.36. The van der Waals surface area contributed by atoms with Crippen LogP contribution in [0.5, 0.6) is 0 Å². The topological polar surface area (TPSA) is 104 Å². The minimum atomic E-state index is -1.11. The summed E-state index contributed by atoms with van der Waals surface area (Å²) in [6.45, 7) is 6.02. The number of carboxylic acid groups (broad SMARTS) is 1. The summed E-state index contributed by atoms with van der Waals surface area (Å²) in [5, 5.41) is 14.6. The minimum Gasteiger partial charge on any atom is -0.476 e. The zero-order chi connectivity index (χ0) is 14.4. The highest BCUT2D eigenvalue weighted by atomic mass is 16.4. The van der Waals surface area contributed by atoms with Crippen LogP contribution in [0.2, 0.25) is 0 Å². The number of nitrogens with one attached hydrogen (secondary N) is 2. The lowest BCUT2D eigenvalue weighted by atomic mass is 10.2. The Morgan fingerprint density at radius 1 is 1.37 bits per heavy atom. The zero-order valence-electron chi connectivity index (χ0n) is 11.2. The van der Waals surface area contributed by atoms with E-state index < -0.39 is 5.97 Å². The van der Waals surface area contributed by atoms with Gasteiger partial charge in [-0.3, -0.25) is 4.79 Å². The van der Waals surface area contributed by atoms with Crippen molar-refractivity contribution in [1.82, 2.24) is 15.3 Å². The SMILES string of the molecule is CC(=O)NCCNc1cnc(C(C)C)nc1C(=O)O. The van der Waals surface area contributed by atoms with Crippen molar-refractivity contribution in [3.63, 3.8) is 0 Å². The van der Waals surface area contributed by atoms with E-state index in [2.05, 4.69) is 20.6 Å². The van der Waals surface area contributed by atoms with Crippen LogP contribution in [-0.4, -0.2) is 40.0 Å². The van der Waals surface area contributed by atoms with Crippen LogP contribution in [0.1, 0.15) is 43.0 Å². The third kappa shape index (κ3) is 4.53. The van der Waals surface area contributed by atoms with Gasteiger partial charge in [-0.25, -0.2) is 14.8 Å². The van der Waals surface area contributed by atoms with Crippen LogP contribution in [0, 0.1) is 0 Å². The van der Waals surface area contributed by atoms with Crippen molar-refractivity contribution in [3.8, 4) is 0 Å². The molecule has 0 atom stereocenters. The standard InChI is InChI=1S/C12H18N4O3/c1-7(2)11-15-6-9(10(16-11)12(18)19)14-5-4-13-8(3)17/h6-7,14H,4-5H2,1-3H3,(H,13,17)(H,18,19). The lowest BCUT2D eigenvalue weighted by Gasteiger charge is -2.11. The summed E-state index contributed by atoms with van der Waals surface area (Å²) in [5.41, 5.74) is 0.295. The molecule has 0 saturated carbocycles. The van der Waals surface area contributed by atoms with E-state index in [1.54, 1.807) is 0 Å². The van der Waals surface area contributed by atoms with Crippen molar-refractivity contribution in [2.75, 3.05) is 18.4 Å². The maximum absolute atomic E-state index is 11.1. The van der Waals surface area contributed by atoms with Crippen molar-refractivity contribution in [3.05, 3.63) is 17.7 Å². The molecule has 0 spiro atoms. The van der Waals surface area contributed by atoms with E-state index >= 15 is 0 Å². The first kappa shape index (κ1) is 14.9. The van der Waals surface area contributed by atoms with Gasteiger partial charge in [-0.05, 0) is 0 Å². The molecule has 0 aliphatic rings. The number of anilines is 1. The quantitative estimate of drug-likeness (QED) is 0.659. The molecular weight excluding hydrogens is 248 g/mol. The molecule has 3 N–H and O–H groups in total. The Labute approximate surface area is 111 Å². The fourth-order valence-electron chi connectivity index (χ4n) is 1.40. The summed E-state index contributed by atoms with van der Waals surface area (Å²) in [6, 6.07) is 0. The number of aromatic carboxylic acids is 1. The van der Waals surface area contributed by atoms with E-state index in [1.807, 2.05) is 13.8 Å². The average molecular weight is 266 g/mol. The van der Waals surface area contributed by atoms with E-state index in [1.165, 1.54) is 13.1 Å². The number of hydrogen-bond acceptors (Lipinski definition) is 5. The number of carboxylic acids is 1. The number of carbonyl (C=O) groups excluding carboxylic acids is 1. The average Bonchev–Trinajstić information content (AvgIpc) is 2.34.